The summed E-state index contributed by atoms with van der Waals surface area (Å²) < 4.78 is 3.99. The van der Waals surface area contributed by atoms with Gasteiger partial charge in [-0.15, -0.1) is 0 Å². The Bertz CT molecular complexity index is 526. The standard InChI is InChI=1S/C15H25N5/c1-5-7-16-14(15-10-19(4)11-17-15)9-13-6-8-20(18-13)12(2)3/h6,8,10-12,14,16H,5,7,9H2,1-4H3. The molecule has 110 valence electrons. The molecule has 1 unspecified atom stereocenters. The van der Waals surface area contributed by atoms with Crippen LogP contribution >= 0.6 is 0 Å². The number of nitrogens with zero attached hydrogens (tertiary/aromatic N) is 4. The first kappa shape index (κ1) is 14.8. The summed E-state index contributed by atoms with van der Waals surface area (Å²) in [6.45, 7) is 7.45. The summed E-state index contributed by atoms with van der Waals surface area (Å²) >= 11 is 0. The van der Waals surface area contributed by atoms with Gasteiger partial charge >= 0.3 is 0 Å². The molecule has 0 spiro atoms. The van der Waals surface area contributed by atoms with Crippen LogP contribution in [0.25, 0.3) is 0 Å². The fraction of sp³-hybridized carbons (Fsp3) is 0.600. The number of nitrogens with one attached hydrogen (secondary N) is 1. The van der Waals surface area contributed by atoms with Gasteiger partial charge in [0.2, 0.25) is 0 Å². The fourth-order valence-corrected chi connectivity index (χ4v) is 2.20. The summed E-state index contributed by atoms with van der Waals surface area (Å²) in [5.74, 6) is 0. The van der Waals surface area contributed by atoms with Gasteiger partial charge in [0.15, 0.2) is 0 Å². The van der Waals surface area contributed by atoms with E-state index in [4.69, 9.17) is 0 Å². The first-order valence-corrected chi connectivity index (χ1v) is 7.35. The zero-order valence-corrected chi connectivity index (χ0v) is 12.9. The minimum absolute atomic E-state index is 0.228. The molecule has 0 aliphatic rings. The molecule has 0 saturated carbocycles. The molecule has 0 amide bonds. The Balaban J connectivity index is 2.10. The van der Waals surface area contributed by atoms with E-state index in [1.165, 1.54) is 0 Å². The van der Waals surface area contributed by atoms with E-state index in [1.54, 1.807) is 0 Å². The maximum atomic E-state index is 4.63. The number of hydrogen-bond acceptors (Lipinski definition) is 3. The minimum Gasteiger partial charge on any atom is -0.340 e. The van der Waals surface area contributed by atoms with Gasteiger partial charge < -0.3 is 9.88 Å². The van der Waals surface area contributed by atoms with Gasteiger partial charge in [-0.2, -0.15) is 5.10 Å². The zero-order valence-electron chi connectivity index (χ0n) is 12.9. The highest BCUT2D eigenvalue weighted by Crippen LogP contribution is 2.16. The summed E-state index contributed by atoms with van der Waals surface area (Å²) in [5, 5.41) is 8.19. The first-order valence-electron chi connectivity index (χ1n) is 7.35. The average Bonchev–Trinajstić information content (AvgIpc) is 3.03. The second kappa shape index (κ2) is 6.70. The fourth-order valence-electron chi connectivity index (χ4n) is 2.20. The predicted molar refractivity (Wildman–Crippen MR) is 80.6 cm³/mol. The molecule has 2 rings (SSSR count). The van der Waals surface area contributed by atoms with Crippen LogP contribution in [0.15, 0.2) is 24.8 Å². The van der Waals surface area contributed by atoms with Crippen molar-refractivity contribution in [2.45, 2.75) is 45.7 Å². The number of imidazole rings is 1. The van der Waals surface area contributed by atoms with Gasteiger partial charge in [-0.25, -0.2) is 4.98 Å². The number of hydrogen-bond donors (Lipinski definition) is 1. The number of rotatable bonds is 7. The van der Waals surface area contributed by atoms with Crippen LogP contribution in [0, 0.1) is 0 Å². The molecule has 0 fully saturated rings. The van der Waals surface area contributed by atoms with Crippen LogP contribution in [-0.4, -0.2) is 25.9 Å². The molecule has 5 heteroatoms. The Morgan fingerprint density at radius 3 is 2.70 bits per heavy atom. The van der Waals surface area contributed by atoms with Crippen molar-refractivity contribution in [3.05, 3.63) is 36.2 Å². The molecule has 5 nitrogen and oxygen atoms in total. The van der Waals surface area contributed by atoms with E-state index in [0.717, 1.165) is 30.8 Å². The molecule has 0 aliphatic carbocycles. The van der Waals surface area contributed by atoms with E-state index < -0.39 is 0 Å². The molecular formula is C15H25N5. The monoisotopic (exact) mass is 275 g/mol. The molecule has 2 heterocycles. The van der Waals surface area contributed by atoms with Gasteiger partial charge in [-0.05, 0) is 32.9 Å². The molecule has 20 heavy (non-hydrogen) atoms. The van der Waals surface area contributed by atoms with Crippen LogP contribution in [0.2, 0.25) is 0 Å². The molecule has 0 aromatic carbocycles. The van der Waals surface area contributed by atoms with Crippen molar-refractivity contribution in [2.75, 3.05) is 6.54 Å². The summed E-state index contributed by atoms with van der Waals surface area (Å²) in [6.07, 6.45) is 7.96. The van der Waals surface area contributed by atoms with E-state index in [-0.39, 0.29) is 6.04 Å². The smallest absolute Gasteiger partial charge is 0.0947 e. The maximum absolute atomic E-state index is 4.63. The van der Waals surface area contributed by atoms with Gasteiger partial charge in [0.25, 0.3) is 0 Å². The molecule has 2 aromatic rings. The highest BCUT2D eigenvalue weighted by atomic mass is 15.3. The lowest BCUT2D eigenvalue weighted by Gasteiger charge is -2.15. The van der Waals surface area contributed by atoms with E-state index in [2.05, 4.69) is 54.6 Å². The normalized spacial score (nSPS) is 13.1. The Kier molecular flexibility index (Phi) is 4.95. The van der Waals surface area contributed by atoms with Gasteiger partial charge in [0, 0.05) is 31.9 Å². The minimum atomic E-state index is 0.228. The van der Waals surface area contributed by atoms with Crippen molar-refractivity contribution in [1.82, 2.24) is 24.6 Å². The molecule has 1 N–H and O–H groups in total. The Morgan fingerprint density at radius 1 is 1.35 bits per heavy atom. The molecule has 0 bridgehead atoms. The van der Waals surface area contributed by atoms with Crippen LogP contribution in [0.1, 0.15) is 50.7 Å². The topological polar surface area (TPSA) is 47.7 Å². The summed E-state index contributed by atoms with van der Waals surface area (Å²) in [5.41, 5.74) is 2.19. The van der Waals surface area contributed by atoms with Gasteiger partial charge in [0.1, 0.15) is 0 Å². The summed E-state index contributed by atoms with van der Waals surface area (Å²) in [4.78, 5) is 4.47. The van der Waals surface area contributed by atoms with Crippen molar-refractivity contribution < 1.29 is 0 Å². The predicted octanol–water partition coefficient (Wildman–Crippen LogP) is 2.48. The second-order valence-corrected chi connectivity index (χ2v) is 5.56. The molecular weight excluding hydrogens is 250 g/mol. The Labute approximate surface area is 121 Å². The summed E-state index contributed by atoms with van der Waals surface area (Å²) in [6, 6.07) is 2.73. The highest BCUT2D eigenvalue weighted by molar-refractivity contribution is 5.10. The molecule has 1 atom stereocenters. The highest BCUT2D eigenvalue weighted by Gasteiger charge is 2.16. The quantitative estimate of drug-likeness (QED) is 0.844. The SMILES string of the molecule is CCCNC(Cc1ccn(C(C)C)n1)c1cn(C)cn1. The number of aromatic nitrogens is 4. The van der Waals surface area contributed by atoms with Crippen molar-refractivity contribution in [2.24, 2.45) is 7.05 Å². The van der Waals surface area contributed by atoms with Crippen LogP contribution in [0.5, 0.6) is 0 Å². The van der Waals surface area contributed by atoms with E-state index >= 15 is 0 Å². The lowest BCUT2D eigenvalue weighted by atomic mass is 10.1. The Morgan fingerprint density at radius 2 is 2.15 bits per heavy atom. The van der Waals surface area contributed by atoms with Crippen LogP contribution in [-0.2, 0) is 13.5 Å². The van der Waals surface area contributed by atoms with Crippen molar-refractivity contribution in [3.8, 4) is 0 Å². The molecule has 0 radical (unpaired) electrons. The number of aryl methyl sites for hydroxylation is 1. The third kappa shape index (κ3) is 3.70. The van der Waals surface area contributed by atoms with Crippen LogP contribution in [0.3, 0.4) is 0 Å². The second-order valence-electron chi connectivity index (χ2n) is 5.56. The van der Waals surface area contributed by atoms with Crippen molar-refractivity contribution >= 4 is 0 Å². The van der Waals surface area contributed by atoms with Crippen LogP contribution in [0.4, 0.5) is 0 Å². The third-order valence-corrected chi connectivity index (χ3v) is 3.33. The molecule has 0 saturated heterocycles. The summed E-state index contributed by atoms with van der Waals surface area (Å²) in [7, 11) is 2.00. The van der Waals surface area contributed by atoms with Gasteiger partial charge in [0.05, 0.1) is 23.8 Å². The molecule has 0 aliphatic heterocycles. The first-order chi connectivity index (χ1) is 9.60. The van der Waals surface area contributed by atoms with Crippen molar-refractivity contribution in [3.63, 3.8) is 0 Å². The third-order valence-electron chi connectivity index (χ3n) is 3.33. The van der Waals surface area contributed by atoms with Crippen LogP contribution < -0.4 is 5.32 Å². The van der Waals surface area contributed by atoms with Gasteiger partial charge in [-0.1, -0.05) is 6.92 Å². The average molecular weight is 275 g/mol. The molecule has 2 aromatic heterocycles. The Hall–Kier alpha value is -1.62. The lowest BCUT2D eigenvalue weighted by molar-refractivity contribution is 0.494. The van der Waals surface area contributed by atoms with Gasteiger partial charge in [-0.3, -0.25) is 4.68 Å². The van der Waals surface area contributed by atoms with Crippen molar-refractivity contribution in [1.29, 1.82) is 0 Å². The van der Waals surface area contributed by atoms with E-state index in [0.29, 0.717) is 6.04 Å². The van der Waals surface area contributed by atoms with E-state index in [9.17, 15) is 0 Å². The zero-order chi connectivity index (χ0) is 14.5. The lowest BCUT2D eigenvalue weighted by Crippen LogP contribution is -2.24. The largest absolute Gasteiger partial charge is 0.340 e. The van der Waals surface area contributed by atoms with E-state index in [1.807, 2.05) is 22.6 Å². The maximum Gasteiger partial charge on any atom is 0.0947 e.